The van der Waals surface area contributed by atoms with Crippen LogP contribution in [0, 0.1) is 0 Å². The summed E-state index contributed by atoms with van der Waals surface area (Å²) in [7, 11) is 0. The SMILES string of the molecule is C=C(CSc1nc(CCC)cc(=O)[nH]1)C(=O)O. The zero-order valence-corrected chi connectivity index (χ0v) is 10.3. The minimum absolute atomic E-state index is 0.0820. The van der Waals surface area contributed by atoms with Gasteiger partial charge in [-0.3, -0.25) is 4.79 Å². The summed E-state index contributed by atoms with van der Waals surface area (Å²) in [4.78, 5) is 28.7. The molecule has 0 aliphatic carbocycles. The average molecular weight is 254 g/mol. The first-order valence-electron chi connectivity index (χ1n) is 5.17. The summed E-state index contributed by atoms with van der Waals surface area (Å²) < 4.78 is 0. The number of hydrogen-bond acceptors (Lipinski definition) is 4. The highest BCUT2D eigenvalue weighted by Gasteiger charge is 2.07. The number of rotatable bonds is 6. The van der Waals surface area contributed by atoms with Crippen LogP contribution >= 0.6 is 11.8 Å². The molecule has 0 atom stereocenters. The highest BCUT2D eigenvalue weighted by Crippen LogP contribution is 2.14. The first-order valence-corrected chi connectivity index (χ1v) is 6.15. The first kappa shape index (κ1) is 13.5. The Kier molecular flexibility index (Phi) is 4.96. The zero-order valence-electron chi connectivity index (χ0n) is 9.52. The van der Waals surface area contributed by atoms with E-state index in [1.165, 1.54) is 6.07 Å². The molecule has 5 nitrogen and oxygen atoms in total. The van der Waals surface area contributed by atoms with Crippen LogP contribution in [0.4, 0.5) is 0 Å². The van der Waals surface area contributed by atoms with Crippen molar-refractivity contribution in [2.75, 3.05) is 5.75 Å². The number of hydrogen-bond donors (Lipinski definition) is 2. The van der Waals surface area contributed by atoms with Crippen LogP contribution < -0.4 is 5.56 Å². The van der Waals surface area contributed by atoms with Crippen molar-refractivity contribution in [1.29, 1.82) is 0 Å². The number of nitrogens with zero attached hydrogens (tertiary/aromatic N) is 1. The van der Waals surface area contributed by atoms with Gasteiger partial charge in [-0.25, -0.2) is 9.78 Å². The predicted octanol–water partition coefficient (Wildman–Crippen LogP) is 1.46. The molecule has 0 aromatic carbocycles. The number of carbonyl (C=O) groups is 1. The molecule has 1 heterocycles. The molecule has 0 spiro atoms. The van der Waals surface area contributed by atoms with Crippen LogP contribution in [0.5, 0.6) is 0 Å². The minimum atomic E-state index is -1.04. The van der Waals surface area contributed by atoms with Gasteiger partial charge in [-0.15, -0.1) is 0 Å². The van der Waals surface area contributed by atoms with Crippen LogP contribution in [0.25, 0.3) is 0 Å². The molecular weight excluding hydrogens is 240 g/mol. The summed E-state index contributed by atoms with van der Waals surface area (Å²) >= 11 is 1.16. The average Bonchev–Trinajstić information content (AvgIpc) is 2.25. The van der Waals surface area contributed by atoms with Crippen molar-refractivity contribution >= 4 is 17.7 Å². The number of carboxylic acid groups (broad SMARTS) is 1. The molecule has 6 heteroatoms. The number of aliphatic carboxylic acids is 1. The Morgan fingerprint density at radius 2 is 2.35 bits per heavy atom. The number of thioether (sulfide) groups is 1. The molecule has 0 radical (unpaired) electrons. The molecule has 0 saturated carbocycles. The van der Waals surface area contributed by atoms with E-state index in [1.54, 1.807) is 0 Å². The Labute approximate surface area is 103 Å². The van der Waals surface area contributed by atoms with E-state index in [4.69, 9.17) is 5.11 Å². The van der Waals surface area contributed by atoms with Crippen LogP contribution in [0.2, 0.25) is 0 Å². The fraction of sp³-hybridized carbons (Fsp3) is 0.364. The molecule has 0 unspecified atom stereocenters. The standard InChI is InChI=1S/C11H14N2O3S/c1-3-4-8-5-9(14)13-11(12-8)17-6-7(2)10(15)16/h5H,2-4,6H2,1H3,(H,15,16)(H,12,13,14). The van der Waals surface area contributed by atoms with E-state index in [-0.39, 0.29) is 16.9 Å². The van der Waals surface area contributed by atoms with Gasteiger partial charge in [0.1, 0.15) is 0 Å². The van der Waals surface area contributed by atoms with E-state index in [9.17, 15) is 9.59 Å². The fourth-order valence-corrected chi connectivity index (χ4v) is 1.94. The summed E-state index contributed by atoms with van der Waals surface area (Å²) in [6.07, 6.45) is 1.64. The number of nitrogens with one attached hydrogen (secondary N) is 1. The summed E-state index contributed by atoms with van der Waals surface area (Å²) in [6.45, 7) is 5.41. The van der Waals surface area contributed by atoms with Crippen LogP contribution in [-0.2, 0) is 11.2 Å². The Morgan fingerprint density at radius 3 is 2.94 bits per heavy atom. The minimum Gasteiger partial charge on any atom is -0.478 e. The molecule has 0 bridgehead atoms. The van der Waals surface area contributed by atoms with E-state index in [0.29, 0.717) is 5.16 Å². The fourth-order valence-electron chi connectivity index (χ4n) is 1.15. The van der Waals surface area contributed by atoms with Crippen LogP contribution in [0.15, 0.2) is 28.2 Å². The highest BCUT2D eigenvalue weighted by molar-refractivity contribution is 7.99. The Balaban J connectivity index is 2.74. The summed E-state index contributed by atoms with van der Waals surface area (Å²) in [5.74, 6) is -0.835. The number of H-pyrrole nitrogens is 1. The zero-order chi connectivity index (χ0) is 12.8. The van der Waals surface area contributed by atoms with Gasteiger partial charge in [-0.2, -0.15) is 0 Å². The smallest absolute Gasteiger partial charge is 0.331 e. The van der Waals surface area contributed by atoms with Gasteiger partial charge in [-0.1, -0.05) is 31.7 Å². The topological polar surface area (TPSA) is 83.0 Å². The van der Waals surface area contributed by atoms with Crippen molar-refractivity contribution in [3.63, 3.8) is 0 Å². The van der Waals surface area contributed by atoms with Gasteiger partial charge in [0.05, 0.1) is 0 Å². The molecule has 0 amide bonds. The molecule has 1 aromatic rings. The lowest BCUT2D eigenvalue weighted by Crippen LogP contribution is -2.10. The molecule has 92 valence electrons. The van der Waals surface area contributed by atoms with Crippen LogP contribution in [0.3, 0.4) is 0 Å². The molecule has 1 rings (SSSR count). The highest BCUT2D eigenvalue weighted by atomic mass is 32.2. The van der Waals surface area contributed by atoms with Gasteiger partial charge >= 0.3 is 5.97 Å². The van der Waals surface area contributed by atoms with Gasteiger partial charge in [0.25, 0.3) is 5.56 Å². The molecule has 0 fully saturated rings. The van der Waals surface area contributed by atoms with Gasteiger partial charge in [0.15, 0.2) is 5.16 Å². The monoisotopic (exact) mass is 254 g/mol. The van der Waals surface area contributed by atoms with Gasteiger partial charge < -0.3 is 10.1 Å². The molecule has 0 aliphatic heterocycles. The third-order valence-corrected chi connectivity index (χ3v) is 2.92. The quantitative estimate of drug-likeness (QED) is 0.456. The summed E-state index contributed by atoms with van der Waals surface area (Å²) in [5, 5.41) is 9.08. The molecule has 17 heavy (non-hydrogen) atoms. The Bertz CT molecular complexity index is 482. The third-order valence-electron chi connectivity index (χ3n) is 1.96. The van der Waals surface area contributed by atoms with E-state index in [1.807, 2.05) is 6.92 Å². The number of aryl methyl sites for hydroxylation is 1. The Morgan fingerprint density at radius 1 is 1.65 bits per heavy atom. The van der Waals surface area contributed by atoms with E-state index < -0.39 is 5.97 Å². The molecular formula is C11H14N2O3S. The number of aromatic nitrogens is 2. The lowest BCUT2D eigenvalue weighted by Gasteiger charge is -2.03. The second kappa shape index (κ2) is 6.24. The second-order valence-electron chi connectivity index (χ2n) is 3.49. The molecule has 0 aliphatic rings. The van der Waals surface area contributed by atoms with Crippen molar-refractivity contribution in [3.05, 3.63) is 34.3 Å². The van der Waals surface area contributed by atoms with E-state index in [0.717, 1.165) is 30.3 Å². The van der Waals surface area contributed by atoms with Crippen molar-refractivity contribution < 1.29 is 9.90 Å². The number of carboxylic acids is 1. The molecule has 1 aromatic heterocycles. The second-order valence-corrected chi connectivity index (χ2v) is 4.45. The van der Waals surface area contributed by atoms with Crippen LogP contribution in [-0.4, -0.2) is 26.8 Å². The molecule has 0 saturated heterocycles. The van der Waals surface area contributed by atoms with E-state index in [2.05, 4.69) is 16.5 Å². The van der Waals surface area contributed by atoms with Crippen LogP contribution in [0.1, 0.15) is 19.0 Å². The lowest BCUT2D eigenvalue weighted by molar-refractivity contribution is -0.132. The van der Waals surface area contributed by atoms with Gasteiger partial charge in [-0.05, 0) is 6.42 Å². The van der Waals surface area contributed by atoms with Crippen molar-refractivity contribution in [2.45, 2.75) is 24.9 Å². The summed E-state index contributed by atoms with van der Waals surface area (Å²) in [6, 6.07) is 1.46. The maximum absolute atomic E-state index is 11.3. The van der Waals surface area contributed by atoms with E-state index >= 15 is 0 Å². The molecule has 2 N–H and O–H groups in total. The number of aromatic amines is 1. The van der Waals surface area contributed by atoms with Crippen molar-refractivity contribution in [3.8, 4) is 0 Å². The maximum Gasteiger partial charge on any atom is 0.331 e. The lowest BCUT2D eigenvalue weighted by atomic mass is 10.2. The third kappa shape index (κ3) is 4.44. The van der Waals surface area contributed by atoms with Crippen molar-refractivity contribution in [1.82, 2.24) is 9.97 Å². The largest absolute Gasteiger partial charge is 0.478 e. The normalized spacial score (nSPS) is 10.2. The maximum atomic E-state index is 11.3. The predicted molar refractivity (Wildman–Crippen MR) is 66.4 cm³/mol. The summed E-state index contributed by atoms with van der Waals surface area (Å²) in [5.41, 5.74) is 0.588. The van der Waals surface area contributed by atoms with Gasteiger partial charge in [0, 0.05) is 23.1 Å². The van der Waals surface area contributed by atoms with Gasteiger partial charge in [0.2, 0.25) is 0 Å². The van der Waals surface area contributed by atoms with Crippen molar-refractivity contribution in [2.24, 2.45) is 0 Å². The Hall–Kier alpha value is -1.56. The first-order chi connectivity index (χ1) is 8.02.